The van der Waals surface area contributed by atoms with Gasteiger partial charge in [-0.1, -0.05) is 17.7 Å². The summed E-state index contributed by atoms with van der Waals surface area (Å²) in [7, 11) is 3.87. The molecule has 1 fully saturated rings. The molecule has 27 heavy (non-hydrogen) atoms. The summed E-state index contributed by atoms with van der Waals surface area (Å²) < 4.78 is 24.6. The van der Waals surface area contributed by atoms with Crippen molar-refractivity contribution in [3.05, 3.63) is 58.8 Å². The van der Waals surface area contributed by atoms with Gasteiger partial charge in [0.05, 0.1) is 30.5 Å². The number of nitrogens with one attached hydrogen (secondary N) is 1. The maximum absolute atomic E-state index is 13.4. The Labute approximate surface area is 162 Å². The van der Waals surface area contributed by atoms with Crippen LogP contribution in [0.3, 0.4) is 0 Å². The van der Waals surface area contributed by atoms with Crippen LogP contribution in [-0.4, -0.2) is 56.2 Å². The zero-order valence-corrected chi connectivity index (χ0v) is 16.1. The Hall–Kier alpha value is -2.09. The number of ether oxygens (including phenoxy) is 1. The first-order valence-electron chi connectivity index (χ1n) is 8.75. The molecule has 0 aliphatic carbocycles. The minimum Gasteiger partial charge on any atom is -0.468 e. The van der Waals surface area contributed by atoms with Crippen LogP contribution in [0.25, 0.3) is 0 Å². The Kier molecular flexibility index (Phi) is 6.36. The van der Waals surface area contributed by atoms with E-state index in [0.717, 1.165) is 11.3 Å². The number of benzene rings is 1. The molecule has 6 nitrogen and oxygen atoms in total. The van der Waals surface area contributed by atoms with E-state index in [1.165, 1.54) is 6.07 Å². The third kappa shape index (κ3) is 4.80. The fourth-order valence-electron chi connectivity index (χ4n) is 3.06. The highest BCUT2D eigenvalue weighted by atomic mass is 35.5. The van der Waals surface area contributed by atoms with Crippen LogP contribution >= 0.6 is 11.6 Å². The third-order valence-electron chi connectivity index (χ3n) is 4.61. The van der Waals surface area contributed by atoms with Crippen LogP contribution in [-0.2, 0) is 4.74 Å². The molecular formula is C19H23ClFN3O3. The van der Waals surface area contributed by atoms with E-state index in [-0.39, 0.29) is 23.2 Å². The first-order chi connectivity index (χ1) is 13.0. The molecule has 0 radical (unpaired) electrons. The molecule has 3 rings (SSSR count). The summed E-state index contributed by atoms with van der Waals surface area (Å²) in [5.41, 5.74) is 0.751. The van der Waals surface area contributed by atoms with E-state index < -0.39 is 5.82 Å². The first kappa shape index (κ1) is 19.7. The SMILES string of the molecule is CN(C)[C@H](CNC(=O)N1CCO[C@H](c2ccc(F)c(Cl)c2)C1)c1ccco1. The second-order valence-corrected chi connectivity index (χ2v) is 7.07. The Morgan fingerprint density at radius 1 is 1.44 bits per heavy atom. The van der Waals surface area contributed by atoms with Crippen molar-refractivity contribution in [2.75, 3.05) is 40.3 Å². The summed E-state index contributed by atoms with van der Waals surface area (Å²) in [5.74, 6) is 0.319. The van der Waals surface area contributed by atoms with Crippen LogP contribution < -0.4 is 5.32 Å². The van der Waals surface area contributed by atoms with Crippen molar-refractivity contribution < 1.29 is 18.3 Å². The van der Waals surface area contributed by atoms with Gasteiger partial charge in [-0.15, -0.1) is 0 Å². The molecule has 0 saturated carbocycles. The molecule has 8 heteroatoms. The normalized spacial score (nSPS) is 18.6. The van der Waals surface area contributed by atoms with Crippen LogP contribution in [0.1, 0.15) is 23.5 Å². The Morgan fingerprint density at radius 3 is 2.93 bits per heavy atom. The summed E-state index contributed by atoms with van der Waals surface area (Å²) in [5, 5.41) is 3.00. The second kappa shape index (κ2) is 8.73. The van der Waals surface area contributed by atoms with Crippen molar-refractivity contribution in [3.8, 4) is 0 Å². The van der Waals surface area contributed by atoms with Gasteiger partial charge in [0.2, 0.25) is 0 Å². The molecule has 0 unspecified atom stereocenters. The Bertz CT molecular complexity index is 770. The lowest BCUT2D eigenvalue weighted by molar-refractivity contribution is -0.0156. The van der Waals surface area contributed by atoms with Gasteiger partial charge in [0.15, 0.2) is 0 Å². The number of urea groups is 1. The van der Waals surface area contributed by atoms with E-state index in [1.807, 2.05) is 31.1 Å². The van der Waals surface area contributed by atoms with E-state index in [1.54, 1.807) is 23.3 Å². The number of hydrogen-bond acceptors (Lipinski definition) is 4. The Morgan fingerprint density at radius 2 is 2.26 bits per heavy atom. The fraction of sp³-hybridized carbons (Fsp3) is 0.421. The fourth-order valence-corrected chi connectivity index (χ4v) is 3.25. The summed E-state index contributed by atoms with van der Waals surface area (Å²) in [6.45, 7) is 1.69. The number of amides is 2. The minimum absolute atomic E-state index is 0.0462. The highest BCUT2D eigenvalue weighted by Crippen LogP contribution is 2.26. The van der Waals surface area contributed by atoms with Gasteiger partial charge in [-0.3, -0.25) is 4.90 Å². The van der Waals surface area contributed by atoms with Crippen molar-refractivity contribution in [1.82, 2.24) is 15.1 Å². The minimum atomic E-state index is -0.474. The maximum atomic E-state index is 13.4. The molecule has 0 spiro atoms. The van der Waals surface area contributed by atoms with E-state index in [0.29, 0.717) is 26.2 Å². The van der Waals surface area contributed by atoms with Gasteiger partial charge in [0.25, 0.3) is 0 Å². The van der Waals surface area contributed by atoms with Crippen LogP contribution in [0.5, 0.6) is 0 Å². The number of halogens is 2. The topological polar surface area (TPSA) is 58.0 Å². The van der Waals surface area contributed by atoms with E-state index in [9.17, 15) is 9.18 Å². The summed E-state index contributed by atoms with van der Waals surface area (Å²) in [6, 6.07) is 7.97. The number of nitrogens with zero attached hydrogens (tertiary/aromatic N) is 2. The van der Waals surface area contributed by atoms with Gasteiger partial charge in [-0.25, -0.2) is 9.18 Å². The van der Waals surface area contributed by atoms with Gasteiger partial charge in [-0.2, -0.15) is 0 Å². The first-order valence-corrected chi connectivity index (χ1v) is 9.12. The molecule has 146 valence electrons. The van der Waals surface area contributed by atoms with Crippen molar-refractivity contribution in [1.29, 1.82) is 0 Å². The number of hydrogen-bond donors (Lipinski definition) is 1. The molecule has 2 atom stereocenters. The Balaban J connectivity index is 1.60. The molecule has 2 amide bonds. The average molecular weight is 396 g/mol. The molecular weight excluding hydrogens is 373 g/mol. The number of furan rings is 1. The summed E-state index contributed by atoms with van der Waals surface area (Å²) in [4.78, 5) is 16.3. The van der Waals surface area contributed by atoms with Crippen LogP contribution in [0.2, 0.25) is 5.02 Å². The zero-order valence-electron chi connectivity index (χ0n) is 15.3. The van der Waals surface area contributed by atoms with E-state index >= 15 is 0 Å². The van der Waals surface area contributed by atoms with Gasteiger partial charge >= 0.3 is 6.03 Å². The molecule has 1 aliphatic rings. The molecule has 0 bridgehead atoms. The van der Waals surface area contributed by atoms with Crippen LogP contribution in [0.4, 0.5) is 9.18 Å². The number of rotatable bonds is 5. The van der Waals surface area contributed by atoms with E-state index in [2.05, 4.69) is 5.32 Å². The molecule has 2 heterocycles. The quantitative estimate of drug-likeness (QED) is 0.842. The smallest absolute Gasteiger partial charge is 0.317 e. The van der Waals surface area contributed by atoms with Crippen molar-refractivity contribution in [3.63, 3.8) is 0 Å². The van der Waals surface area contributed by atoms with Gasteiger partial charge < -0.3 is 19.4 Å². The predicted octanol–water partition coefficient (Wildman–Crippen LogP) is 3.46. The van der Waals surface area contributed by atoms with Crippen LogP contribution in [0.15, 0.2) is 41.0 Å². The standard InChI is InChI=1S/C19H23ClFN3O3/c1-23(2)16(17-4-3-8-26-17)11-22-19(25)24-7-9-27-18(12-24)13-5-6-15(21)14(20)10-13/h3-6,8,10,16,18H,7,9,11-12H2,1-2H3,(H,22,25)/t16-,18+/m1/s1. The molecule has 2 aromatic rings. The number of morpholine rings is 1. The number of carbonyl (C=O) groups is 1. The molecule has 1 aromatic carbocycles. The molecule has 1 aliphatic heterocycles. The van der Waals surface area contributed by atoms with Crippen molar-refractivity contribution >= 4 is 17.6 Å². The van der Waals surface area contributed by atoms with Gasteiger partial charge in [0, 0.05) is 13.1 Å². The number of carbonyl (C=O) groups excluding carboxylic acids is 1. The van der Waals surface area contributed by atoms with Crippen LogP contribution in [0, 0.1) is 5.82 Å². The summed E-state index contributed by atoms with van der Waals surface area (Å²) >= 11 is 5.86. The monoisotopic (exact) mass is 395 g/mol. The lowest BCUT2D eigenvalue weighted by Crippen LogP contribution is -2.48. The highest BCUT2D eigenvalue weighted by molar-refractivity contribution is 6.30. The largest absolute Gasteiger partial charge is 0.468 e. The number of likely N-dealkylation sites (N-methyl/N-ethyl adjacent to an activating group) is 1. The predicted molar refractivity (Wildman–Crippen MR) is 100 cm³/mol. The molecule has 1 saturated heterocycles. The summed E-state index contributed by atoms with van der Waals surface area (Å²) in [6.07, 6.45) is 1.28. The van der Waals surface area contributed by atoms with Gasteiger partial charge in [-0.05, 0) is 43.9 Å². The zero-order chi connectivity index (χ0) is 19.4. The van der Waals surface area contributed by atoms with Gasteiger partial charge in [0.1, 0.15) is 17.7 Å². The third-order valence-corrected chi connectivity index (χ3v) is 4.90. The highest BCUT2D eigenvalue weighted by Gasteiger charge is 2.27. The lowest BCUT2D eigenvalue weighted by Gasteiger charge is -2.34. The molecule has 1 aromatic heterocycles. The maximum Gasteiger partial charge on any atom is 0.317 e. The van der Waals surface area contributed by atoms with Crippen molar-refractivity contribution in [2.45, 2.75) is 12.1 Å². The average Bonchev–Trinajstić information content (AvgIpc) is 3.18. The van der Waals surface area contributed by atoms with E-state index in [4.69, 9.17) is 20.8 Å². The lowest BCUT2D eigenvalue weighted by atomic mass is 10.1. The molecule has 1 N–H and O–H groups in total. The van der Waals surface area contributed by atoms with Crippen molar-refractivity contribution in [2.24, 2.45) is 0 Å². The second-order valence-electron chi connectivity index (χ2n) is 6.66.